The second kappa shape index (κ2) is 8.05. The molecule has 0 bridgehead atoms. The van der Waals surface area contributed by atoms with E-state index >= 15 is 0 Å². The van der Waals surface area contributed by atoms with Gasteiger partial charge in [0.15, 0.2) is 9.84 Å². The third-order valence-electron chi connectivity index (χ3n) is 4.74. The molecule has 1 aliphatic rings. The minimum atomic E-state index is -3.47. The van der Waals surface area contributed by atoms with Gasteiger partial charge in [-0.3, -0.25) is 9.69 Å². The van der Waals surface area contributed by atoms with Gasteiger partial charge in [-0.2, -0.15) is 4.98 Å². The quantitative estimate of drug-likeness (QED) is 0.609. The van der Waals surface area contributed by atoms with Crippen LogP contribution in [0.15, 0.2) is 51.2 Å². The summed E-state index contributed by atoms with van der Waals surface area (Å²) < 4.78 is 29.3. The van der Waals surface area contributed by atoms with Crippen molar-refractivity contribution < 1.29 is 17.7 Å². The summed E-state index contributed by atoms with van der Waals surface area (Å²) in [6.45, 7) is 2.80. The first-order valence-corrected chi connectivity index (χ1v) is 11.9. The number of nitrogens with zero attached hydrogens (tertiary/aromatic N) is 4. The number of amides is 1. The van der Waals surface area contributed by atoms with Crippen LogP contribution < -0.4 is 0 Å². The maximum absolute atomic E-state index is 12.9. The Hall–Kier alpha value is -2.56. The largest absolute Gasteiger partial charge is 0.338 e. The van der Waals surface area contributed by atoms with E-state index in [-0.39, 0.29) is 16.4 Å². The molecular formula is C19H20N4O4S2. The van der Waals surface area contributed by atoms with Gasteiger partial charge >= 0.3 is 0 Å². The molecule has 0 unspecified atom stereocenters. The van der Waals surface area contributed by atoms with Crippen LogP contribution >= 0.6 is 11.3 Å². The summed E-state index contributed by atoms with van der Waals surface area (Å²) in [6.07, 6.45) is 1.12. The smallest absolute Gasteiger partial charge is 0.255 e. The summed E-state index contributed by atoms with van der Waals surface area (Å²) in [5.74, 6) is 0.861. The van der Waals surface area contributed by atoms with E-state index in [1.165, 1.54) is 6.07 Å². The van der Waals surface area contributed by atoms with Gasteiger partial charge in [0.05, 0.1) is 21.9 Å². The van der Waals surface area contributed by atoms with Gasteiger partial charge in [0, 0.05) is 32.4 Å². The van der Waals surface area contributed by atoms with Crippen LogP contribution in [-0.4, -0.2) is 66.7 Å². The van der Waals surface area contributed by atoms with E-state index in [9.17, 15) is 13.2 Å². The van der Waals surface area contributed by atoms with Crippen LogP contribution in [0.2, 0.25) is 0 Å². The molecule has 29 heavy (non-hydrogen) atoms. The number of aromatic nitrogens is 2. The SMILES string of the molecule is CS(=O)(=O)c1ccccc1C(=O)N1CCN(Cc2nc(-c3cccs3)no2)CC1. The molecule has 1 aliphatic heterocycles. The van der Waals surface area contributed by atoms with Crippen LogP contribution in [0.3, 0.4) is 0 Å². The molecule has 2 aromatic heterocycles. The van der Waals surface area contributed by atoms with Gasteiger partial charge in [-0.15, -0.1) is 11.3 Å². The first-order valence-electron chi connectivity index (χ1n) is 9.09. The molecule has 1 aromatic carbocycles. The van der Waals surface area contributed by atoms with Crippen LogP contribution in [0.25, 0.3) is 10.7 Å². The average Bonchev–Trinajstić information content (AvgIpc) is 3.39. The first-order chi connectivity index (χ1) is 13.9. The summed E-state index contributed by atoms with van der Waals surface area (Å²) in [6, 6.07) is 10.2. The van der Waals surface area contributed by atoms with E-state index < -0.39 is 9.84 Å². The summed E-state index contributed by atoms with van der Waals surface area (Å²) in [5, 5.41) is 5.98. The molecule has 1 fully saturated rings. The van der Waals surface area contributed by atoms with Crippen LogP contribution in [0.5, 0.6) is 0 Å². The molecule has 0 radical (unpaired) electrons. The molecule has 1 saturated heterocycles. The Morgan fingerprint density at radius 3 is 2.59 bits per heavy atom. The highest BCUT2D eigenvalue weighted by Gasteiger charge is 2.26. The fraction of sp³-hybridized carbons (Fsp3) is 0.316. The van der Waals surface area contributed by atoms with Crippen molar-refractivity contribution in [3.63, 3.8) is 0 Å². The number of hydrogen-bond acceptors (Lipinski definition) is 8. The van der Waals surface area contributed by atoms with Gasteiger partial charge in [0.25, 0.3) is 5.91 Å². The van der Waals surface area contributed by atoms with Gasteiger partial charge in [0.2, 0.25) is 11.7 Å². The molecule has 0 N–H and O–H groups in total. The van der Waals surface area contributed by atoms with Gasteiger partial charge < -0.3 is 9.42 Å². The van der Waals surface area contributed by atoms with Gasteiger partial charge in [0.1, 0.15) is 0 Å². The maximum atomic E-state index is 12.9. The van der Waals surface area contributed by atoms with E-state index in [4.69, 9.17) is 4.52 Å². The highest BCUT2D eigenvalue weighted by Crippen LogP contribution is 2.22. The van der Waals surface area contributed by atoms with E-state index in [1.807, 2.05) is 17.5 Å². The summed E-state index contributed by atoms with van der Waals surface area (Å²) in [7, 11) is -3.47. The molecule has 10 heteroatoms. The third-order valence-corrected chi connectivity index (χ3v) is 6.77. The summed E-state index contributed by atoms with van der Waals surface area (Å²) in [5.41, 5.74) is 0.223. The molecule has 3 aromatic rings. The number of sulfone groups is 1. The number of hydrogen-bond donors (Lipinski definition) is 0. The standard InChI is InChI=1S/C19H20N4O4S2/c1-29(25,26)16-7-3-2-5-14(16)19(24)23-10-8-22(9-11-23)13-17-20-18(21-27-17)15-6-4-12-28-15/h2-7,12H,8-11,13H2,1H3. The Kier molecular flexibility index (Phi) is 5.48. The number of rotatable bonds is 5. The molecule has 3 heterocycles. The fourth-order valence-corrected chi connectivity index (χ4v) is 4.79. The second-order valence-corrected chi connectivity index (χ2v) is 9.76. The molecule has 0 saturated carbocycles. The lowest BCUT2D eigenvalue weighted by Crippen LogP contribution is -2.48. The zero-order valence-electron chi connectivity index (χ0n) is 15.8. The van der Waals surface area contributed by atoms with Crippen molar-refractivity contribution in [2.45, 2.75) is 11.4 Å². The van der Waals surface area contributed by atoms with Crippen LogP contribution in [0.4, 0.5) is 0 Å². The van der Waals surface area contributed by atoms with Crippen LogP contribution in [-0.2, 0) is 16.4 Å². The maximum Gasteiger partial charge on any atom is 0.255 e. The van der Waals surface area contributed by atoms with E-state index in [1.54, 1.807) is 34.4 Å². The molecule has 0 spiro atoms. The first kappa shape index (κ1) is 19.7. The van der Waals surface area contributed by atoms with Crippen molar-refractivity contribution in [2.24, 2.45) is 0 Å². The predicted octanol–water partition coefficient (Wildman–Crippen LogP) is 2.16. The number of thiophene rings is 1. The van der Waals surface area contributed by atoms with Gasteiger partial charge in [-0.1, -0.05) is 23.4 Å². The van der Waals surface area contributed by atoms with Crippen LogP contribution in [0.1, 0.15) is 16.2 Å². The Balaban J connectivity index is 1.38. The topological polar surface area (TPSA) is 96.6 Å². The minimum absolute atomic E-state index is 0.0689. The van der Waals surface area contributed by atoms with E-state index in [0.29, 0.717) is 44.4 Å². The van der Waals surface area contributed by atoms with Crippen molar-refractivity contribution in [1.29, 1.82) is 0 Å². The highest BCUT2D eigenvalue weighted by molar-refractivity contribution is 7.90. The molecule has 0 atom stereocenters. The molecule has 152 valence electrons. The van der Waals surface area contributed by atoms with E-state index in [0.717, 1.165) is 11.1 Å². The Morgan fingerprint density at radius 2 is 1.90 bits per heavy atom. The third kappa shape index (κ3) is 4.39. The molecule has 1 amide bonds. The fourth-order valence-electron chi connectivity index (χ4n) is 3.26. The summed E-state index contributed by atoms with van der Waals surface area (Å²) in [4.78, 5) is 22.2. The van der Waals surface area contributed by atoms with Crippen molar-refractivity contribution >= 4 is 27.1 Å². The molecule has 0 aliphatic carbocycles. The molecule has 4 rings (SSSR count). The predicted molar refractivity (Wildman–Crippen MR) is 108 cm³/mol. The zero-order chi connectivity index (χ0) is 20.4. The second-order valence-electron chi connectivity index (χ2n) is 6.83. The van der Waals surface area contributed by atoms with Gasteiger partial charge in [-0.25, -0.2) is 8.42 Å². The lowest BCUT2D eigenvalue weighted by atomic mass is 10.2. The number of benzene rings is 1. The number of carbonyl (C=O) groups is 1. The van der Waals surface area contributed by atoms with Gasteiger partial charge in [-0.05, 0) is 23.6 Å². The van der Waals surface area contributed by atoms with Crippen molar-refractivity contribution in [1.82, 2.24) is 19.9 Å². The zero-order valence-corrected chi connectivity index (χ0v) is 17.4. The van der Waals surface area contributed by atoms with Crippen molar-refractivity contribution in [2.75, 3.05) is 32.4 Å². The van der Waals surface area contributed by atoms with E-state index in [2.05, 4.69) is 15.0 Å². The summed E-state index contributed by atoms with van der Waals surface area (Å²) >= 11 is 1.55. The normalized spacial score (nSPS) is 15.6. The number of carbonyl (C=O) groups excluding carboxylic acids is 1. The molecule has 8 nitrogen and oxygen atoms in total. The lowest BCUT2D eigenvalue weighted by molar-refractivity contribution is 0.0611. The Bertz CT molecular complexity index is 1100. The number of piperazine rings is 1. The lowest BCUT2D eigenvalue weighted by Gasteiger charge is -2.34. The minimum Gasteiger partial charge on any atom is -0.338 e. The van der Waals surface area contributed by atoms with Crippen molar-refractivity contribution in [3.8, 4) is 10.7 Å². The van der Waals surface area contributed by atoms with Crippen LogP contribution in [0, 0.1) is 0 Å². The molecular weight excluding hydrogens is 412 g/mol. The highest BCUT2D eigenvalue weighted by atomic mass is 32.2. The Labute approximate surface area is 172 Å². The monoisotopic (exact) mass is 432 g/mol. The Morgan fingerprint density at radius 1 is 1.14 bits per heavy atom. The van der Waals surface area contributed by atoms with Crippen molar-refractivity contribution in [3.05, 3.63) is 53.2 Å². The average molecular weight is 433 g/mol.